The lowest BCUT2D eigenvalue weighted by molar-refractivity contribution is 0.0945. The van der Waals surface area contributed by atoms with Crippen LogP contribution in [0.25, 0.3) is 0 Å². The van der Waals surface area contributed by atoms with E-state index in [1.807, 2.05) is 49.4 Å². The highest BCUT2D eigenvalue weighted by atomic mass is 79.9. The van der Waals surface area contributed by atoms with Crippen molar-refractivity contribution in [3.63, 3.8) is 0 Å². The molecule has 0 spiro atoms. The normalized spacial score (nSPS) is 10.3. The first-order valence-electron chi connectivity index (χ1n) is 7.66. The van der Waals surface area contributed by atoms with Gasteiger partial charge in [0, 0.05) is 22.1 Å². The minimum atomic E-state index is -0.270. The molecule has 1 aromatic carbocycles. The molecule has 0 unspecified atom stereocenters. The Balaban J connectivity index is 1.73. The summed E-state index contributed by atoms with van der Waals surface area (Å²) >= 11 is 3.42. The van der Waals surface area contributed by atoms with Gasteiger partial charge < -0.3 is 10.6 Å². The van der Waals surface area contributed by atoms with Crippen LogP contribution in [0.15, 0.2) is 59.2 Å². The Labute approximate surface area is 153 Å². The lowest BCUT2D eigenvalue weighted by Gasteiger charge is -2.09. The van der Waals surface area contributed by atoms with E-state index in [0.29, 0.717) is 23.9 Å². The van der Waals surface area contributed by atoms with E-state index in [9.17, 15) is 4.79 Å². The van der Waals surface area contributed by atoms with Crippen LogP contribution in [0.5, 0.6) is 0 Å². The molecule has 0 aliphatic heterocycles. The second-order valence-corrected chi connectivity index (χ2v) is 6.27. The average Bonchev–Trinajstić information content (AvgIpc) is 2.60. The van der Waals surface area contributed by atoms with Gasteiger partial charge in [-0.15, -0.1) is 0 Å². The first kappa shape index (κ1) is 17.0. The maximum Gasteiger partial charge on any atom is 0.270 e. The van der Waals surface area contributed by atoms with E-state index in [1.165, 1.54) is 0 Å². The van der Waals surface area contributed by atoms with Gasteiger partial charge in [-0.2, -0.15) is 0 Å². The summed E-state index contributed by atoms with van der Waals surface area (Å²) in [6.07, 6.45) is 1.69. The Bertz CT molecular complexity index is 886. The number of rotatable bonds is 5. The fraction of sp³-hybridized carbons (Fsp3) is 0.111. The zero-order chi connectivity index (χ0) is 17.6. The highest BCUT2D eigenvalue weighted by Crippen LogP contribution is 2.18. The zero-order valence-corrected chi connectivity index (χ0v) is 15.1. The van der Waals surface area contributed by atoms with Crippen LogP contribution >= 0.6 is 15.9 Å². The molecule has 0 saturated carbocycles. The second-order valence-electron chi connectivity index (χ2n) is 5.36. The number of aryl methyl sites for hydroxylation is 1. The van der Waals surface area contributed by atoms with Gasteiger partial charge in [-0.05, 0) is 43.3 Å². The highest BCUT2D eigenvalue weighted by Gasteiger charge is 2.11. The van der Waals surface area contributed by atoms with Crippen LogP contribution in [0.2, 0.25) is 0 Å². The minimum Gasteiger partial charge on any atom is -0.345 e. The number of halogens is 1. The number of aromatic nitrogens is 3. The van der Waals surface area contributed by atoms with E-state index in [-0.39, 0.29) is 5.91 Å². The van der Waals surface area contributed by atoms with E-state index in [0.717, 1.165) is 15.9 Å². The van der Waals surface area contributed by atoms with Crippen molar-refractivity contribution in [2.75, 3.05) is 5.32 Å². The number of amides is 1. The first-order valence-corrected chi connectivity index (χ1v) is 8.46. The molecule has 2 heterocycles. The molecule has 0 radical (unpaired) electrons. The molecule has 0 fully saturated rings. The quantitative estimate of drug-likeness (QED) is 0.687. The number of nitrogens with zero attached hydrogens (tertiary/aromatic N) is 3. The molecular formula is C18H16BrN5O. The van der Waals surface area contributed by atoms with Crippen LogP contribution in [0, 0.1) is 6.92 Å². The molecule has 0 aliphatic rings. The lowest BCUT2D eigenvalue weighted by atomic mass is 10.3. The second kappa shape index (κ2) is 7.85. The average molecular weight is 398 g/mol. The number of hydrogen-bond acceptors (Lipinski definition) is 5. The third-order valence-corrected chi connectivity index (χ3v) is 3.82. The number of nitrogens with one attached hydrogen (secondary N) is 2. The number of benzene rings is 1. The van der Waals surface area contributed by atoms with Crippen LogP contribution in [0.1, 0.15) is 21.9 Å². The molecule has 7 heteroatoms. The van der Waals surface area contributed by atoms with E-state index in [1.54, 1.807) is 12.3 Å². The maximum absolute atomic E-state index is 12.4. The third kappa shape index (κ3) is 4.84. The molecule has 0 aliphatic carbocycles. The van der Waals surface area contributed by atoms with Gasteiger partial charge in [-0.3, -0.25) is 9.78 Å². The Kier molecular flexibility index (Phi) is 5.35. The van der Waals surface area contributed by atoms with Crippen molar-refractivity contribution in [3.05, 3.63) is 76.3 Å². The molecule has 1 amide bonds. The smallest absolute Gasteiger partial charge is 0.270 e. The molecule has 2 aromatic heterocycles. The van der Waals surface area contributed by atoms with Crippen LogP contribution in [-0.4, -0.2) is 20.9 Å². The minimum absolute atomic E-state index is 0.270. The summed E-state index contributed by atoms with van der Waals surface area (Å²) in [6, 6.07) is 14.9. The summed E-state index contributed by atoms with van der Waals surface area (Å²) in [7, 11) is 0. The van der Waals surface area contributed by atoms with Gasteiger partial charge in [0.1, 0.15) is 5.69 Å². The summed E-state index contributed by atoms with van der Waals surface area (Å²) in [4.78, 5) is 25.2. The summed E-state index contributed by atoms with van der Waals surface area (Å²) in [5, 5.41) is 5.93. The molecular weight excluding hydrogens is 382 g/mol. The third-order valence-electron chi connectivity index (χ3n) is 3.32. The highest BCUT2D eigenvalue weighted by molar-refractivity contribution is 9.10. The van der Waals surface area contributed by atoms with Crippen molar-refractivity contribution in [2.45, 2.75) is 13.5 Å². The van der Waals surface area contributed by atoms with Crippen molar-refractivity contribution < 1.29 is 4.79 Å². The van der Waals surface area contributed by atoms with Crippen molar-refractivity contribution in [2.24, 2.45) is 0 Å². The van der Waals surface area contributed by atoms with Gasteiger partial charge in [0.15, 0.2) is 0 Å². The predicted molar refractivity (Wildman–Crippen MR) is 99.6 cm³/mol. The maximum atomic E-state index is 12.4. The zero-order valence-electron chi connectivity index (χ0n) is 13.5. The Hall–Kier alpha value is -2.80. The van der Waals surface area contributed by atoms with Gasteiger partial charge in [-0.1, -0.05) is 28.1 Å². The standard InChI is InChI=1S/C18H16BrN5O/c1-12-9-16(17(25)21-11-15-6-2-3-8-20-15)24-18(22-12)23-14-7-4-5-13(19)10-14/h2-10H,11H2,1H3,(H,21,25)(H,22,23,24). The van der Waals surface area contributed by atoms with Crippen LogP contribution in [0.4, 0.5) is 11.6 Å². The SMILES string of the molecule is Cc1cc(C(=O)NCc2ccccn2)nc(Nc2cccc(Br)c2)n1. The molecule has 25 heavy (non-hydrogen) atoms. The van der Waals surface area contributed by atoms with Gasteiger partial charge in [0.25, 0.3) is 5.91 Å². The molecule has 2 N–H and O–H groups in total. The van der Waals surface area contributed by atoms with E-state index in [2.05, 4.69) is 41.5 Å². The lowest BCUT2D eigenvalue weighted by Crippen LogP contribution is -2.24. The molecule has 0 bridgehead atoms. The van der Waals surface area contributed by atoms with E-state index < -0.39 is 0 Å². The number of anilines is 2. The Morgan fingerprint density at radius 2 is 2.00 bits per heavy atom. The number of hydrogen-bond donors (Lipinski definition) is 2. The number of carbonyl (C=O) groups is 1. The molecule has 126 valence electrons. The van der Waals surface area contributed by atoms with Gasteiger partial charge in [0.05, 0.1) is 12.2 Å². The van der Waals surface area contributed by atoms with Crippen LogP contribution in [0.3, 0.4) is 0 Å². The topological polar surface area (TPSA) is 79.8 Å². The molecule has 3 rings (SSSR count). The summed E-state index contributed by atoms with van der Waals surface area (Å²) in [6.45, 7) is 2.17. The number of carbonyl (C=O) groups excluding carboxylic acids is 1. The molecule has 0 saturated heterocycles. The van der Waals surface area contributed by atoms with Gasteiger partial charge >= 0.3 is 0 Å². The van der Waals surface area contributed by atoms with Crippen molar-refractivity contribution in [3.8, 4) is 0 Å². The Morgan fingerprint density at radius 3 is 2.76 bits per heavy atom. The van der Waals surface area contributed by atoms with Crippen LogP contribution < -0.4 is 10.6 Å². The first-order chi connectivity index (χ1) is 12.1. The number of pyridine rings is 1. The van der Waals surface area contributed by atoms with Crippen molar-refractivity contribution >= 4 is 33.5 Å². The van der Waals surface area contributed by atoms with Crippen molar-refractivity contribution in [1.29, 1.82) is 0 Å². The fourth-order valence-corrected chi connectivity index (χ4v) is 2.60. The summed E-state index contributed by atoms with van der Waals surface area (Å²) in [5.74, 6) is 0.106. The Morgan fingerprint density at radius 1 is 1.12 bits per heavy atom. The van der Waals surface area contributed by atoms with Crippen molar-refractivity contribution in [1.82, 2.24) is 20.3 Å². The predicted octanol–water partition coefficient (Wildman–Crippen LogP) is 3.62. The monoisotopic (exact) mass is 397 g/mol. The largest absolute Gasteiger partial charge is 0.345 e. The summed E-state index contributed by atoms with van der Waals surface area (Å²) in [5.41, 5.74) is 2.63. The van der Waals surface area contributed by atoms with E-state index >= 15 is 0 Å². The summed E-state index contributed by atoms with van der Waals surface area (Å²) < 4.78 is 0.943. The molecule has 3 aromatic rings. The fourth-order valence-electron chi connectivity index (χ4n) is 2.20. The van der Waals surface area contributed by atoms with E-state index in [4.69, 9.17) is 0 Å². The van der Waals surface area contributed by atoms with Gasteiger partial charge in [0.2, 0.25) is 5.95 Å². The van der Waals surface area contributed by atoms with Gasteiger partial charge in [-0.25, -0.2) is 9.97 Å². The molecule has 6 nitrogen and oxygen atoms in total. The molecule has 0 atom stereocenters. The van der Waals surface area contributed by atoms with Crippen LogP contribution in [-0.2, 0) is 6.54 Å².